The first-order chi connectivity index (χ1) is 12.3. The number of aliphatic hydroxyl groups excluding tert-OH is 1. The van der Waals surface area contributed by atoms with Gasteiger partial charge >= 0.3 is 0 Å². The minimum atomic E-state index is 0.157. The van der Waals surface area contributed by atoms with E-state index in [0.29, 0.717) is 6.54 Å². The van der Waals surface area contributed by atoms with E-state index >= 15 is 0 Å². The molecule has 1 aliphatic rings. The number of hydrogen-bond donors (Lipinski definition) is 2. The smallest absolute Gasteiger partial charge is 0.134 e. The van der Waals surface area contributed by atoms with E-state index in [1.807, 2.05) is 24.4 Å². The number of nitrogens with zero attached hydrogens (tertiary/aromatic N) is 4. The Morgan fingerprint density at radius 2 is 2.08 bits per heavy atom. The van der Waals surface area contributed by atoms with Crippen LogP contribution in [0, 0.1) is 0 Å². The van der Waals surface area contributed by atoms with Gasteiger partial charge in [0.1, 0.15) is 18.0 Å². The molecule has 6 heteroatoms. The Hall–Kier alpha value is -2.73. The highest BCUT2D eigenvalue weighted by atomic mass is 16.3. The zero-order chi connectivity index (χ0) is 17.1. The lowest BCUT2D eigenvalue weighted by Gasteiger charge is -2.24. The molecule has 0 spiro atoms. The van der Waals surface area contributed by atoms with E-state index in [9.17, 15) is 5.11 Å². The van der Waals surface area contributed by atoms with E-state index in [1.54, 1.807) is 6.33 Å². The van der Waals surface area contributed by atoms with Gasteiger partial charge in [0.05, 0.1) is 18.2 Å². The Balaban J connectivity index is 1.52. The molecular formula is C19H21N5O. The van der Waals surface area contributed by atoms with Crippen LogP contribution < -0.4 is 10.2 Å². The summed E-state index contributed by atoms with van der Waals surface area (Å²) in [7, 11) is 0. The number of fused-ring (bicyclic) bond motifs is 1. The molecule has 1 atom stereocenters. The highest BCUT2D eigenvalue weighted by Gasteiger charge is 2.25. The summed E-state index contributed by atoms with van der Waals surface area (Å²) in [6.07, 6.45) is 5.48. The maximum atomic E-state index is 9.51. The van der Waals surface area contributed by atoms with Crippen molar-refractivity contribution in [3.8, 4) is 0 Å². The zero-order valence-corrected chi connectivity index (χ0v) is 14.0. The van der Waals surface area contributed by atoms with E-state index in [4.69, 9.17) is 0 Å². The maximum Gasteiger partial charge on any atom is 0.134 e. The number of anilines is 2. The quantitative estimate of drug-likeness (QED) is 0.746. The third-order valence-corrected chi connectivity index (χ3v) is 4.71. The summed E-state index contributed by atoms with van der Waals surface area (Å²) in [6.45, 7) is 1.73. The monoisotopic (exact) mass is 335 g/mol. The molecule has 0 saturated carbocycles. The van der Waals surface area contributed by atoms with E-state index in [1.165, 1.54) is 0 Å². The molecule has 0 unspecified atom stereocenters. The zero-order valence-electron chi connectivity index (χ0n) is 14.0. The molecule has 1 aromatic carbocycles. The van der Waals surface area contributed by atoms with Crippen LogP contribution in [0.15, 0.2) is 48.9 Å². The van der Waals surface area contributed by atoms with Gasteiger partial charge in [-0.05, 0) is 24.5 Å². The lowest BCUT2D eigenvalue weighted by Crippen LogP contribution is -2.32. The van der Waals surface area contributed by atoms with Crippen molar-refractivity contribution in [1.29, 1.82) is 0 Å². The van der Waals surface area contributed by atoms with Crippen molar-refractivity contribution >= 4 is 22.5 Å². The fourth-order valence-corrected chi connectivity index (χ4v) is 3.42. The molecule has 2 N–H and O–H groups in total. The van der Waals surface area contributed by atoms with Crippen molar-refractivity contribution in [3.63, 3.8) is 0 Å². The van der Waals surface area contributed by atoms with E-state index in [0.717, 1.165) is 47.5 Å². The maximum absolute atomic E-state index is 9.51. The first-order valence-electron chi connectivity index (χ1n) is 8.61. The van der Waals surface area contributed by atoms with Gasteiger partial charge in [0.2, 0.25) is 0 Å². The molecule has 0 bridgehead atoms. The van der Waals surface area contributed by atoms with Crippen LogP contribution >= 0.6 is 0 Å². The van der Waals surface area contributed by atoms with Crippen molar-refractivity contribution in [3.05, 3.63) is 54.5 Å². The van der Waals surface area contributed by atoms with Crippen LogP contribution in [-0.2, 0) is 6.54 Å². The fraction of sp³-hybridized carbons (Fsp3) is 0.316. The second-order valence-electron chi connectivity index (χ2n) is 6.28. The van der Waals surface area contributed by atoms with Gasteiger partial charge in [-0.3, -0.25) is 4.98 Å². The summed E-state index contributed by atoms with van der Waals surface area (Å²) >= 11 is 0. The molecule has 128 valence electrons. The summed E-state index contributed by atoms with van der Waals surface area (Å²) in [5.41, 5.74) is 2.14. The van der Waals surface area contributed by atoms with Crippen LogP contribution in [0.25, 0.3) is 10.9 Å². The van der Waals surface area contributed by atoms with Crippen molar-refractivity contribution in [1.82, 2.24) is 15.0 Å². The largest absolute Gasteiger partial charge is 0.394 e. The fourth-order valence-electron chi connectivity index (χ4n) is 3.42. The van der Waals surface area contributed by atoms with Crippen LogP contribution in [0.3, 0.4) is 0 Å². The molecule has 3 heterocycles. The van der Waals surface area contributed by atoms with E-state index < -0.39 is 0 Å². The number of aliphatic hydroxyl groups is 1. The first-order valence-corrected chi connectivity index (χ1v) is 8.61. The predicted octanol–water partition coefficient (Wildman–Crippen LogP) is 2.60. The van der Waals surface area contributed by atoms with Crippen molar-refractivity contribution in [2.45, 2.75) is 25.4 Å². The van der Waals surface area contributed by atoms with E-state index in [2.05, 4.69) is 43.4 Å². The average Bonchev–Trinajstić information content (AvgIpc) is 3.15. The molecular weight excluding hydrogens is 314 g/mol. The molecule has 0 aliphatic carbocycles. The highest BCUT2D eigenvalue weighted by Crippen LogP contribution is 2.25. The molecule has 1 saturated heterocycles. The van der Waals surface area contributed by atoms with Gasteiger partial charge in [0, 0.05) is 30.7 Å². The third-order valence-electron chi connectivity index (χ3n) is 4.71. The lowest BCUT2D eigenvalue weighted by molar-refractivity contribution is 0.266. The standard InChI is InChI=1S/C19H21N5O/c25-12-16-7-3-9-24(16)18-10-17(22-13-23-18)21-11-15-5-1-4-14-6-2-8-20-19(14)15/h1-2,4-6,8,10,13,16,25H,3,7,9,11-12H2,(H,21,22,23)/t16-/m0/s1. The van der Waals surface area contributed by atoms with Gasteiger partial charge in [-0.25, -0.2) is 9.97 Å². The summed E-state index contributed by atoms with van der Waals surface area (Å²) < 4.78 is 0. The molecule has 25 heavy (non-hydrogen) atoms. The van der Waals surface area contributed by atoms with Crippen molar-refractivity contribution in [2.24, 2.45) is 0 Å². The van der Waals surface area contributed by atoms with Crippen LogP contribution in [0.5, 0.6) is 0 Å². The Bertz CT molecular complexity index is 864. The van der Waals surface area contributed by atoms with E-state index in [-0.39, 0.29) is 12.6 Å². The van der Waals surface area contributed by atoms with Gasteiger partial charge in [-0.1, -0.05) is 24.3 Å². The highest BCUT2D eigenvalue weighted by molar-refractivity contribution is 5.81. The Labute approximate surface area is 146 Å². The van der Waals surface area contributed by atoms with Crippen molar-refractivity contribution < 1.29 is 5.11 Å². The predicted molar refractivity (Wildman–Crippen MR) is 98.6 cm³/mol. The molecule has 0 amide bonds. The number of para-hydroxylation sites is 1. The Morgan fingerprint density at radius 1 is 1.16 bits per heavy atom. The number of hydrogen-bond acceptors (Lipinski definition) is 6. The normalized spacial score (nSPS) is 17.2. The summed E-state index contributed by atoms with van der Waals surface area (Å²) in [6, 6.07) is 12.3. The topological polar surface area (TPSA) is 74.2 Å². The molecule has 0 radical (unpaired) electrons. The molecule has 3 aromatic rings. The Morgan fingerprint density at radius 3 is 3.00 bits per heavy atom. The van der Waals surface area contributed by atoms with Gasteiger partial charge in [-0.15, -0.1) is 0 Å². The number of rotatable bonds is 5. The second-order valence-corrected chi connectivity index (χ2v) is 6.28. The lowest BCUT2D eigenvalue weighted by atomic mass is 10.1. The van der Waals surface area contributed by atoms with Crippen LogP contribution in [-0.4, -0.2) is 39.3 Å². The molecule has 2 aromatic heterocycles. The summed E-state index contributed by atoms with van der Waals surface area (Å²) in [5.74, 6) is 1.65. The minimum absolute atomic E-state index is 0.157. The van der Waals surface area contributed by atoms with Crippen LogP contribution in [0.2, 0.25) is 0 Å². The SMILES string of the molecule is OC[C@@H]1CCCN1c1cc(NCc2cccc3cccnc23)ncn1. The van der Waals surface area contributed by atoms with Gasteiger partial charge < -0.3 is 15.3 Å². The molecule has 6 nitrogen and oxygen atoms in total. The minimum Gasteiger partial charge on any atom is -0.394 e. The average molecular weight is 335 g/mol. The second kappa shape index (κ2) is 7.03. The summed E-state index contributed by atoms with van der Waals surface area (Å²) in [5, 5.41) is 14.0. The van der Waals surface area contributed by atoms with Crippen molar-refractivity contribution in [2.75, 3.05) is 23.4 Å². The molecule has 1 fully saturated rings. The summed E-state index contributed by atoms with van der Waals surface area (Å²) in [4.78, 5) is 15.3. The van der Waals surface area contributed by atoms with Gasteiger partial charge in [-0.2, -0.15) is 0 Å². The number of aromatic nitrogens is 3. The van der Waals surface area contributed by atoms with Crippen LogP contribution in [0.4, 0.5) is 11.6 Å². The number of pyridine rings is 1. The molecule has 1 aliphatic heterocycles. The molecule has 4 rings (SSSR count). The third kappa shape index (κ3) is 3.25. The Kier molecular flexibility index (Phi) is 4.43. The number of nitrogens with one attached hydrogen (secondary N) is 1. The van der Waals surface area contributed by atoms with Crippen LogP contribution in [0.1, 0.15) is 18.4 Å². The number of benzene rings is 1. The first kappa shape index (κ1) is 15.8. The van der Waals surface area contributed by atoms with Gasteiger partial charge in [0.15, 0.2) is 0 Å². The van der Waals surface area contributed by atoms with Gasteiger partial charge in [0.25, 0.3) is 0 Å².